The highest BCUT2D eigenvalue weighted by molar-refractivity contribution is 5.81. The Bertz CT molecular complexity index is 685. The molecule has 1 aliphatic rings. The lowest BCUT2D eigenvalue weighted by atomic mass is 9.95. The van der Waals surface area contributed by atoms with Gasteiger partial charge in [0.05, 0.1) is 5.56 Å². The van der Waals surface area contributed by atoms with E-state index < -0.39 is 17.6 Å². The first-order valence-electron chi connectivity index (χ1n) is 9.39. The van der Waals surface area contributed by atoms with Crippen molar-refractivity contribution in [2.45, 2.75) is 57.3 Å². The first-order chi connectivity index (χ1) is 13.3. The maximum atomic E-state index is 13.2. The number of hydrogen-bond acceptors (Lipinski definition) is 2. The van der Waals surface area contributed by atoms with E-state index >= 15 is 0 Å². The van der Waals surface area contributed by atoms with Crippen molar-refractivity contribution >= 4 is 11.9 Å². The molecular formula is C19H26F4N4O. The number of alkyl halides is 3. The fraction of sp³-hybridized carbons (Fsp3) is 0.579. The molecule has 1 aromatic carbocycles. The van der Waals surface area contributed by atoms with Crippen LogP contribution < -0.4 is 16.0 Å². The molecule has 5 nitrogen and oxygen atoms in total. The molecule has 0 saturated heterocycles. The summed E-state index contributed by atoms with van der Waals surface area (Å²) in [5.41, 5.74) is -1.12. The summed E-state index contributed by atoms with van der Waals surface area (Å²) in [4.78, 5) is 15.9. The van der Waals surface area contributed by atoms with Gasteiger partial charge in [-0.1, -0.05) is 25.3 Å². The zero-order valence-corrected chi connectivity index (χ0v) is 15.8. The van der Waals surface area contributed by atoms with Crippen molar-refractivity contribution < 1.29 is 22.4 Å². The number of nitrogens with one attached hydrogen (secondary N) is 3. The van der Waals surface area contributed by atoms with Crippen LogP contribution in [-0.2, 0) is 17.5 Å². The molecule has 0 aliphatic heterocycles. The Hall–Kier alpha value is -2.32. The highest BCUT2D eigenvalue weighted by atomic mass is 19.4. The lowest BCUT2D eigenvalue weighted by Gasteiger charge is -2.22. The summed E-state index contributed by atoms with van der Waals surface area (Å²) >= 11 is 0. The van der Waals surface area contributed by atoms with Gasteiger partial charge >= 0.3 is 6.18 Å². The number of guanidine groups is 1. The fourth-order valence-corrected chi connectivity index (χ4v) is 3.21. The standard InChI is InChI=1S/C19H26F4N4O/c1-24-18(25-10-9-17(28)27-15-5-3-2-4-6-15)26-12-13-7-8-14(20)11-16(13)19(21,22)23/h7-8,11,15H,2-6,9-10,12H2,1H3,(H,27,28)(H2,24,25,26). The van der Waals surface area contributed by atoms with Crippen molar-refractivity contribution in [2.75, 3.05) is 13.6 Å². The van der Waals surface area contributed by atoms with Gasteiger partial charge in [0.25, 0.3) is 0 Å². The molecule has 2 rings (SSSR count). The number of benzene rings is 1. The molecule has 1 aromatic rings. The Morgan fingerprint density at radius 1 is 1.18 bits per heavy atom. The average Bonchev–Trinajstić information content (AvgIpc) is 2.65. The molecule has 0 atom stereocenters. The van der Waals surface area contributed by atoms with E-state index in [-0.39, 0.29) is 36.4 Å². The normalized spacial score (nSPS) is 16.0. The van der Waals surface area contributed by atoms with Crippen LogP contribution in [0, 0.1) is 5.82 Å². The third-order valence-corrected chi connectivity index (χ3v) is 4.66. The van der Waals surface area contributed by atoms with Gasteiger partial charge in [-0.05, 0) is 30.5 Å². The topological polar surface area (TPSA) is 65.5 Å². The molecule has 1 amide bonds. The van der Waals surface area contributed by atoms with Crippen LogP contribution in [0.3, 0.4) is 0 Å². The van der Waals surface area contributed by atoms with Crippen LogP contribution in [0.4, 0.5) is 17.6 Å². The molecule has 28 heavy (non-hydrogen) atoms. The molecule has 156 valence electrons. The second-order valence-electron chi connectivity index (χ2n) is 6.80. The molecule has 3 N–H and O–H groups in total. The lowest BCUT2D eigenvalue weighted by Crippen LogP contribution is -2.41. The third-order valence-electron chi connectivity index (χ3n) is 4.66. The van der Waals surface area contributed by atoms with Gasteiger partial charge in [-0.3, -0.25) is 9.79 Å². The highest BCUT2D eigenvalue weighted by Gasteiger charge is 2.33. The van der Waals surface area contributed by atoms with Gasteiger partial charge in [0.1, 0.15) is 5.82 Å². The lowest BCUT2D eigenvalue weighted by molar-refractivity contribution is -0.138. The molecule has 0 radical (unpaired) electrons. The summed E-state index contributed by atoms with van der Waals surface area (Å²) in [5.74, 6) is -0.738. The van der Waals surface area contributed by atoms with Crippen molar-refractivity contribution in [1.82, 2.24) is 16.0 Å². The number of aliphatic imine (C=N–C) groups is 1. The molecule has 1 fully saturated rings. The summed E-state index contributed by atoms with van der Waals surface area (Å²) in [6.07, 6.45) is 1.06. The zero-order chi connectivity index (χ0) is 20.6. The van der Waals surface area contributed by atoms with E-state index in [0.29, 0.717) is 12.6 Å². The minimum absolute atomic E-state index is 0.0623. The molecule has 0 aromatic heterocycles. The Balaban J connectivity index is 1.79. The van der Waals surface area contributed by atoms with E-state index in [2.05, 4.69) is 20.9 Å². The van der Waals surface area contributed by atoms with Gasteiger partial charge in [-0.2, -0.15) is 13.2 Å². The van der Waals surface area contributed by atoms with Gasteiger partial charge in [0.2, 0.25) is 5.91 Å². The summed E-state index contributed by atoms with van der Waals surface area (Å²) in [5, 5.41) is 8.66. The molecule has 0 heterocycles. The molecule has 0 spiro atoms. The minimum Gasteiger partial charge on any atom is -0.356 e. The predicted molar refractivity (Wildman–Crippen MR) is 99.2 cm³/mol. The maximum absolute atomic E-state index is 13.2. The number of carbonyl (C=O) groups excluding carboxylic acids is 1. The number of carbonyl (C=O) groups is 1. The second-order valence-corrected chi connectivity index (χ2v) is 6.80. The van der Waals surface area contributed by atoms with Crippen LogP contribution in [0.1, 0.15) is 49.7 Å². The Kier molecular flexibility index (Phi) is 8.07. The van der Waals surface area contributed by atoms with E-state index in [4.69, 9.17) is 0 Å². The van der Waals surface area contributed by atoms with Crippen molar-refractivity contribution in [3.8, 4) is 0 Å². The van der Waals surface area contributed by atoms with Crippen LogP contribution >= 0.6 is 0 Å². The predicted octanol–water partition coefficient (Wildman–Crippen LogP) is 3.35. The monoisotopic (exact) mass is 402 g/mol. The number of hydrogen-bond donors (Lipinski definition) is 3. The Morgan fingerprint density at radius 2 is 1.89 bits per heavy atom. The molecule has 1 saturated carbocycles. The average molecular weight is 402 g/mol. The van der Waals surface area contributed by atoms with Gasteiger partial charge in [0.15, 0.2) is 5.96 Å². The zero-order valence-electron chi connectivity index (χ0n) is 15.8. The minimum atomic E-state index is -4.65. The van der Waals surface area contributed by atoms with Crippen LogP contribution in [-0.4, -0.2) is 31.5 Å². The molecule has 0 bridgehead atoms. The van der Waals surface area contributed by atoms with Crippen molar-refractivity contribution in [3.63, 3.8) is 0 Å². The Morgan fingerprint density at radius 3 is 2.54 bits per heavy atom. The van der Waals surface area contributed by atoms with Crippen molar-refractivity contribution in [3.05, 3.63) is 35.1 Å². The van der Waals surface area contributed by atoms with E-state index in [1.807, 2.05) is 0 Å². The van der Waals surface area contributed by atoms with Crippen molar-refractivity contribution in [1.29, 1.82) is 0 Å². The number of nitrogens with zero attached hydrogens (tertiary/aromatic N) is 1. The third kappa shape index (κ3) is 7.01. The number of halogens is 4. The number of amides is 1. The fourth-order valence-electron chi connectivity index (χ4n) is 3.21. The summed E-state index contributed by atoms with van der Waals surface area (Å²) in [6, 6.07) is 2.79. The second kappa shape index (κ2) is 10.3. The van der Waals surface area contributed by atoms with Gasteiger partial charge in [0, 0.05) is 32.6 Å². The first kappa shape index (κ1) is 22.0. The van der Waals surface area contributed by atoms with Gasteiger partial charge < -0.3 is 16.0 Å². The first-order valence-corrected chi connectivity index (χ1v) is 9.39. The molecule has 1 aliphatic carbocycles. The smallest absolute Gasteiger partial charge is 0.356 e. The van der Waals surface area contributed by atoms with Crippen LogP contribution in [0.2, 0.25) is 0 Å². The SMILES string of the molecule is CN=C(NCCC(=O)NC1CCCCC1)NCc1ccc(F)cc1C(F)(F)F. The quantitative estimate of drug-likeness (QED) is 0.388. The van der Waals surface area contributed by atoms with E-state index in [9.17, 15) is 22.4 Å². The highest BCUT2D eigenvalue weighted by Crippen LogP contribution is 2.32. The van der Waals surface area contributed by atoms with Crippen molar-refractivity contribution in [2.24, 2.45) is 4.99 Å². The summed E-state index contributed by atoms with van der Waals surface area (Å²) < 4.78 is 52.3. The largest absolute Gasteiger partial charge is 0.416 e. The van der Waals surface area contributed by atoms with E-state index in [1.54, 1.807) is 0 Å². The maximum Gasteiger partial charge on any atom is 0.416 e. The Labute approximate surface area is 162 Å². The van der Waals surface area contributed by atoms with E-state index in [1.165, 1.54) is 13.5 Å². The number of rotatable bonds is 6. The van der Waals surface area contributed by atoms with Crippen LogP contribution in [0.5, 0.6) is 0 Å². The molecular weight excluding hydrogens is 376 g/mol. The summed E-state index contributed by atoms with van der Waals surface area (Å²) in [7, 11) is 1.48. The summed E-state index contributed by atoms with van der Waals surface area (Å²) in [6.45, 7) is 0.122. The van der Waals surface area contributed by atoms with Gasteiger partial charge in [-0.15, -0.1) is 0 Å². The van der Waals surface area contributed by atoms with Crippen LogP contribution in [0.15, 0.2) is 23.2 Å². The van der Waals surface area contributed by atoms with E-state index in [0.717, 1.165) is 37.8 Å². The van der Waals surface area contributed by atoms with Gasteiger partial charge in [-0.25, -0.2) is 4.39 Å². The molecule has 9 heteroatoms. The van der Waals surface area contributed by atoms with Crippen LogP contribution in [0.25, 0.3) is 0 Å². The molecule has 0 unspecified atom stereocenters.